The molecule has 0 amide bonds. The van der Waals surface area contributed by atoms with Gasteiger partial charge in [0.1, 0.15) is 5.60 Å². The fourth-order valence-corrected chi connectivity index (χ4v) is 10.3. The maximum absolute atomic E-state index is 14.2. The Bertz CT molecular complexity index is 1080. The molecular formula is C29H42N2O3. The Morgan fingerprint density at radius 3 is 2.53 bits per heavy atom. The van der Waals surface area contributed by atoms with Gasteiger partial charge in [-0.15, -0.1) is 0 Å². The van der Waals surface area contributed by atoms with Crippen LogP contribution in [-0.4, -0.2) is 22.1 Å². The Kier molecular flexibility index (Phi) is 4.49. The zero-order chi connectivity index (χ0) is 24.5. The molecule has 3 N–H and O–H groups in total. The van der Waals surface area contributed by atoms with Crippen molar-refractivity contribution in [2.45, 2.75) is 98.1 Å². The van der Waals surface area contributed by atoms with Crippen molar-refractivity contribution in [2.75, 3.05) is 0 Å². The molecule has 0 aliphatic heterocycles. The van der Waals surface area contributed by atoms with Crippen molar-refractivity contribution in [3.63, 3.8) is 0 Å². The average molecular weight is 467 g/mol. The molecule has 0 bridgehead atoms. The van der Waals surface area contributed by atoms with Gasteiger partial charge in [-0.25, -0.2) is 0 Å². The third kappa shape index (κ3) is 2.64. The van der Waals surface area contributed by atoms with Crippen LogP contribution in [0.2, 0.25) is 0 Å². The number of fused-ring (bicyclic) bond motifs is 8. The summed E-state index contributed by atoms with van der Waals surface area (Å²) in [4.78, 5) is 14.2. The monoisotopic (exact) mass is 466 g/mol. The normalized spacial score (nSPS) is 51.4. The van der Waals surface area contributed by atoms with E-state index in [0.29, 0.717) is 23.4 Å². The van der Waals surface area contributed by atoms with Crippen LogP contribution in [0.1, 0.15) is 91.4 Å². The lowest BCUT2D eigenvalue weighted by atomic mass is 9.36. The summed E-state index contributed by atoms with van der Waals surface area (Å²) >= 11 is 0. The maximum atomic E-state index is 14.2. The SMILES string of the molecule is CC1(C)C[C@@H](N)C2CC[C@]3(C)[C@H](C(=O)C=C4[C@@]5(C)Cc6cnoc6[C@@](C)(O)[C@@H]5CC[C@]43C)[C@@H]2C1. The fourth-order valence-electron chi connectivity index (χ4n) is 10.3. The third-order valence-corrected chi connectivity index (χ3v) is 11.9. The van der Waals surface area contributed by atoms with E-state index in [1.54, 1.807) is 6.20 Å². The number of aromatic nitrogens is 1. The van der Waals surface area contributed by atoms with Crippen LogP contribution < -0.4 is 5.73 Å². The fraction of sp³-hybridized carbons (Fsp3) is 0.793. The van der Waals surface area contributed by atoms with E-state index < -0.39 is 5.60 Å². The summed E-state index contributed by atoms with van der Waals surface area (Å²) in [6.45, 7) is 13.7. The topological polar surface area (TPSA) is 89.4 Å². The number of aliphatic hydroxyl groups is 1. The van der Waals surface area contributed by atoms with Crippen LogP contribution in [0.25, 0.3) is 0 Å². The number of hydrogen-bond acceptors (Lipinski definition) is 5. The van der Waals surface area contributed by atoms with E-state index in [2.05, 4.69) is 39.8 Å². The summed E-state index contributed by atoms with van der Waals surface area (Å²) in [6.07, 6.45) is 10.8. The van der Waals surface area contributed by atoms with Crippen LogP contribution >= 0.6 is 0 Å². The van der Waals surface area contributed by atoms with Gasteiger partial charge in [-0.1, -0.05) is 45.3 Å². The number of nitrogens with zero attached hydrogens (tertiary/aromatic N) is 1. The first-order valence-electron chi connectivity index (χ1n) is 13.4. The molecule has 186 valence electrons. The van der Waals surface area contributed by atoms with Gasteiger partial charge >= 0.3 is 0 Å². The number of rotatable bonds is 0. The molecule has 0 spiro atoms. The van der Waals surface area contributed by atoms with Gasteiger partial charge in [-0.2, -0.15) is 0 Å². The van der Waals surface area contributed by atoms with E-state index in [0.717, 1.165) is 50.5 Å². The summed E-state index contributed by atoms with van der Waals surface area (Å²) < 4.78 is 5.54. The number of carbonyl (C=O) groups excluding carboxylic acids is 1. The van der Waals surface area contributed by atoms with E-state index in [9.17, 15) is 9.90 Å². The van der Waals surface area contributed by atoms with Crippen LogP contribution in [0.4, 0.5) is 0 Å². The van der Waals surface area contributed by atoms with Crippen molar-refractivity contribution in [1.29, 1.82) is 0 Å². The lowest BCUT2D eigenvalue weighted by Gasteiger charge is -2.68. The first-order valence-corrected chi connectivity index (χ1v) is 13.4. The Morgan fingerprint density at radius 1 is 1.06 bits per heavy atom. The number of allylic oxidation sites excluding steroid dienone is 2. The predicted octanol–water partition coefficient (Wildman–Crippen LogP) is 5.17. The van der Waals surface area contributed by atoms with Crippen molar-refractivity contribution in [3.8, 4) is 0 Å². The highest BCUT2D eigenvalue weighted by atomic mass is 16.5. The van der Waals surface area contributed by atoms with E-state index in [-0.39, 0.29) is 39.5 Å². The zero-order valence-corrected chi connectivity index (χ0v) is 21.8. The van der Waals surface area contributed by atoms with Crippen LogP contribution in [0.15, 0.2) is 22.4 Å². The van der Waals surface area contributed by atoms with Crippen molar-refractivity contribution in [1.82, 2.24) is 5.16 Å². The van der Waals surface area contributed by atoms with Crippen molar-refractivity contribution < 1.29 is 14.4 Å². The van der Waals surface area contributed by atoms with E-state index in [1.165, 1.54) is 5.57 Å². The second kappa shape index (κ2) is 6.64. The number of ketones is 1. The number of hydrogen-bond donors (Lipinski definition) is 2. The lowest BCUT2D eigenvalue weighted by molar-refractivity contribution is -0.166. The van der Waals surface area contributed by atoms with Gasteiger partial charge in [0, 0.05) is 23.4 Å². The highest BCUT2D eigenvalue weighted by Gasteiger charge is 2.68. The van der Waals surface area contributed by atoms with E-state index >= 15 is 0 Å². The molecule has 5 nitrogen and oxygen atoms in total. The van der Waals surface area contributed by atoms with Gasteiger partial charge in [0.25, 0.3) is 0 Å². The molecule has 0 radical (unpaired) electrons. The lowest BCUT2D eigenvalue weighted by Crippen LogP contribution is -2.65. The molecule has 6 rings (SSSR count). The maximum Gasteiger partial charge on any atom is 0.171 e. The predicted molar refractivity (Wildman–Crippen MR) is 131 cm³/mol. The third-order valence-electron chi connectivity index (χ3n) is 11.9. The molecule has 9 atom stereocenters. The van der Waals surface area contributed by atoms with E-state index in [1.807, 2.05) is 13.0 Å². The molecule has 1 unspecified atom stereocenters. The highest BCUT2D eigenvalue weighted by Crippen LogP contribution is 2.73. The van der Waals surface area contributed by atoms with Crippen LogP contribution in [0, 0.1) is 45.3 Å². The van der Waals surface area contributed by atoms with Gasteiger partial charge in [0.05, 0.1) is 6.20 Å². The van der Waals surface area contributed by atoms with Gasteiger partial charge in [0.2, 0.25) is 0 Å². The quantitative estimate of drug-likeness (QED) is 0.551. The van der Waals surface area contributed by atoms with Gasteiger partial charge < -0.3 is 15.4 Å². The minimum atomic E-state index is -1.08. The number of nitrogens with two attached hydrogens (primary N) is 1. The molecule has 34 heavy (non-hydrogen) atoms. The molecule has 5 aliphatic rings. The molecule has 5 heteroatoms. The molecule has 3 fully saturated rings. The van der Waals surface area contributed by atoms with Crippen LogP contribution in [0.3, 0.4) is 0 Å². The standard InChI is InChI=1S/C29H42N2O3/c1-25(2)13-18-17(19(30)14-25)7-9-28(5)23(18)20(32)11-22-26(3)12-16-15-31-34-24(16)29(6,33)21(26)8-10-27(22,28)4/h11,15,17-19,21,23,33H,7-10,12-14,30H2,1-6H3/t17?,18-,19-,21-,23+,26+,27-,28-,29+/m1/s1. The Balaban J connectivity index is 1.49. The molecule has 1 aromatic heterocycles. The Labute approximate surface area is 203 Å². The second-order valence-corrected chi connectivity index (χ2v) is 14.3. The summed E-state index contributed by atoms with van der Waals surface area (Å²) in [7, 11) is 0. The summed E-state index contributed by atoms with van der Waals surface area (Å²) in [5, 5.41) is 15.7. The Morgan fingerprint density at radius 2 is 1.79 bits per heavy atom. The van der Waals surface area contributed by atoms with Gasteiger partial charge in [0.15, 0.2) is 11.5 Å². The molecule has 0 aromatic carbocycles. The molecule has 5 aliphatic carbocycles. The summed E-state index contributed by atoms with van der Waals surface area (Å²) in [5.41, 5.74) is 7.64. The minimum Gasteiger partial charge on any atom is -0.382 e. The highest BCUT2D eigenvalue weighted by molar-refractivity contribution is 5.95. The van der Waals surface area contributed by atoms with Crippen LogP contribution in [0.5, 0.6) is 0 Å². The molecular weight excluding hydrogens is 424 g/mol. The average Bonchev–Trinajstić information content (AvgIpc) is 3.17. The Hall–Kier alpha value is -1.46. The summed E-state index contributed by atoms with van der Waals surface area (Å²) in [5.74, 6) is 1.79. The van der Waals surface area contributed by atoms with Gasteiger partial charge in [-0.3, -0.25) is 4.79 Å². The van der Waals surface area contributed by atoms with Crippen LogP contribution in [-0.2, 0) is 16.8 Å². The summed E-state index contributed by atoms with van der Waals surface area (Å²) in [6, 6.07) is 0.193. The van der Waals surface area contributed by atoms with Gasteiger partial charge in [-0.05, 0) is 91.4 Å². The molecule has 1 heterocycles. The smallest absolute Gasteiger partial charge is 0.171 e. The zero-order valence-electron chi connectivity index (χ0n) is 21.8. The van der Waals surface area contributed by atoms with Crippen molar-refractivity contribution >= 4 is 5.78 Å². The first kappa shape index (κ1) is 23.0. The second-order valence-electron chi connectivity index (χ2n) is 14.3. The molecule has 0 saturated heterocycles. The van der Waals surface area contributed by atoms with E-state index in [4.69, 9.17) is 10.3 Å². The number of carbonyl (C=O) groups is 1. The minimum absolute atomic E-state index is 0.00565. The molecule has 3 saturated carbocycles. The van der Waals surface area contributed by atoms with Crippen molar-refractivity contribution in [3.05, 3.63) is 29.2 Å². The first-order chi connectivity index (χ1) is 15.7. The van der Waals surface area contributed by atoms with Crippen molar-refractivity contribution in [2.24, 2.45) is 51.1 Å². The molecule has 1 aromatic rings. The largest absolute Gasteiger partial charge is 0.382 e.